The van der Waals surface area contributed by atoms with Gasteiger partial charge in [-0.1, -0.05) is 12.0 Å². The Morgan fingerprint density at radius 3 is 2.38 bits per heavy atom. The summed E-state index contributed by atoms with van der Waals surface area (Å²) in [6.07, 6.45) is 1.27. The van der Waals surface area contributed by atoms with Crippen molar-refractivity contribution in [3.8, 4) is 23.8 Å². The van der Waals surface area contributed by atoms with Crippen LogP contribution in [-0.4, -0.2) is 39.4 Å². The number of carbonyl (C=O) groups excluding carboxylic acids is 1. The third-order valence-electron chi connectivity index (χ3n) is 4.45. The molecule has 0 aliphatic carbocycles. The summed E-state index contributed by atoms with van der Waals surface area (Å²) in [5, 5.41) is 9.01. The number of terminal acetylenes is 1. The van der Waals surface area contributed by atoms with Crippen LogP contribution in [0.4, 0.5) is 18.9 Å². The molecule has 2 N–H and O–H groups in total. The summed E-state index contributed by atoms with van der Waals surface area (Å²) >= 11 is 0. The molecule has 0 saturated carbocycles. The number of ether oxygens (including phenoxy) is 2. The number of carbonyl (C=O) groups is 1. The molecule has 3 rings (SSSR count). The van der Waals surface area contributed by atoms with Gasteiger partial charge in [0.2, 0.25) is 10.0 Å². The molecule has 34 heavy (non-hydrogen) atoms. The smallest absolute Gasteiger partial charge is 0.435 e. The Kier molecular flexibility index (Phi) is 6.99. The SMILES string of the molecule is C#CCOc1ccc(/C=C2\C(=O)N(c3ccc(S(N)(=O)=O)cc3)N=C2C(F)(F)F)cc1OCC. The van der Waals surface area contributed by atoms with Crippen LogP contribution in [0.1, 0.15) is 12.5 Å². The number of amides is 1. The number of sulfonamides is 1. The lowest BCUT2D eigenvalue weighted by Gasteiger charge is -2.12. The molecule has 1 aliphatic heterocycles. The monoisotopic (exact) mass is 493 g/mol. The summed E-state index contributed by atoms with van der Waals surface area (Å²) in [6, 6.07) is 8.69. The van der Waals surface area contributed by atoms with E-state index in [1.807, 2.05) is 0 Å². The molecule has 12 heteroatoms. The van der Waals surface area contributed by atoms with E-state index in [9.17, 15) is 26.4 Å². The Labute approximate surface area is 193 Å². The van der Waals surface area contributed by atoms with Gasteiger partial charge in [-0.3, -0.25) is 4.79 Å². The van der Waals surface area contributed by atoms with Crippen molar-refractivity contribution in [1.29, 1.82) is 0 Å². The molecule has 0 atom stereocenters. The summed E-state index contributed by atoms with van der Waals surface area (Å²) in [6.45, 7) is 1.93. The van der Waals surface area contributed by atoms with Crippen LogP contribution < -0.4 is 19.6 Å². The molecule has 8 nitrogen and oxygen atoms in total. The maximum Gasteiger partial charge on any atom is 0.435 e. The van der Waals surface area contributed by atoms with Gasteiger partial charge < -0.3 is 9.47 Å². The minimum absolute atomic E-state index is 0.0386. The Hall–Kier alpha value is -3.82. The zero-order chi connectivity index (χ0) is 25.1. The number of nitrogens with two attached hydrogens (primary N) is 1. The molecule has 0 spiro atoms. The van der Waals surface area contributed by atoms with E-state index in [1.165, 1.54) is 18.2 Å². The van der Waals surface area contributed by atoms with Gasteiger partial charge in [-0.25, -0.2) is 13.6 Å². The van der Waals surface area contributed by atoms with Crippen molar-refractivity contribution >= 4 is 33.4 Å². The topological polar surface area (TPSA) is 111 Å². The van der Waals surface area contributed by atoms with Gasteiger partial charge in [0.25, 0.3) is 5.91 Å². The maximum absolute atomic E-state index is 13.7. The number of halogens is 3. The average Bonchev–Trinajstić information content (AvgIpc) is 3.09. The highest BCUT2D eigenvalue weighted by Crippen LogP contribution is 2.34. The molecule has 0 unspecified atom stereocenters. The fourth-order valence-corrected chi connectivity index (χ4v) is 3.51. The highest BCUT2D eigenvalue weighted by atomic mass is 32.2. The second-order valence-corrected chi connectivity index (χ2v) is 8.35. The maximum atomic E-state index is 13.7. The average molecular weight is 493 g/mol. The molecular formula is C22H18F3N3O5S. The fraction of sp³-hybridized carbons (Fsp3) is 0.182. The lowest BCUT2D eigenvalue weighted by atomic mass is 10.1. The van der Waals surface area contributed by atoms with Crippen LogP contribution >= 0.6 is 0 Å². The highest BCUT2D eigenvalue weighted by molar-refractivity contribution is 7.89. The van der Waals surface area contributed by atoms with Gasteiger partial charge in [0, 0.05) is 0 Å². The zero-order valence-corrected chi connectivity index (χ0v) is 18.5. The number of primary sulfonamides is 1. The van der Waals surface area contributed by atoms with E-state index < -0.39 is 33.4 Å². The minimum atomic E-state index is -4.94. The highest BCUT2D eigenvalue weighted by Gasteiger charge is 2.46. The van der Waals surface area contributed by atoms with Gasteiger partial charge in [0.05, 0.1) is 22.8 Å². The summed E-state index contributed by atoms with van der Waals surface area (Å²) < 4.78 is 74.7. The number of nitrogens with zero attached hydrogens (tertiary/aromatic N) is 2. The molecule has 1 amide bonds. The summed E-state index contributed by atoms with van der Waals surface area (Å²) in [7, 11) is -4.02. The van der Waals surface area contributed by atoms with Crippen LogP contribution in [0.3, 0.4) is 0 Å². The predicted octanol–water partition coefficient (Wildman–Crippen LogP) is 3.09. The molecule has 0 bridgehead atoms. The number of hydrogen-bond acceptors (Lipinski definition) is 6. The van der Waals surface area contributed by atoms with E-state index in [2.05, 4.69) is 11.0 Å². The third-order valence-corrected chi connectivity index (χ3v) is 5.38. The Morgan fingerprint density at radius 2 is 1.82 bits per heavy atom. The van der Waals surface area contributed by atoms with Crippen LogP contribution in [0.25, 0.3) is 6.08 Å². The van der Waals surface area contributed by atoms with Gasteiger partial charge in [0.1, 0.15) is 6.61 Å². The number of hydrazone groups is 1. The van der Waals surface area contributed by atoms with Crippen LogP contribution in [0.15, 0.2) is 58.0 Å². The summed E-state index contributed by atoms with van der Waals surface area (Å²) in [4.78, 5) is 12.6. The molecule has 1 aliphatic rings. The van der Waals surface area contributed by atoms with Gasteiger partial charge in [0.15, 0.2) is 17.2 Å². The van der Waals surface area contributed by atoms with E-state index in [0.717, 1.165) is 30.3 Å². The predicted molar refractivity (Wildman–Crippen MR) is 119 cm³/mol. The fourth-order valence-electron chi connectivity index (χ4n) is 2.99. The van der Waals surface area contributed by atoms with Crippen molar-refractivity contribution in [3.05, 3.63) is 53.6 Å². The third kappa shape index (κ3) is 5.38. The molecule has 0 saturated heterocycles. The van der Waals surface area contributed by atoms with Gasteiger partial charge in [-0.2, -0.15) is 23.3 Å². The quantitative estimate of drug-likeness (QED) is 0.471. The largest absolute Gasteiger partial charge is 0.490 e. The first kappa shape index (κ1) is 24.8. The molecule has 0 radical (unpaired) electrons. The number of anilines is 1. The summed E-state index contributed by atoms with van der Waals surface area (Å²) in [5.41, 5.74) is -1.96. The van der Waals surface area contributed by atoms with Crippen molar-refractivity contribution in [2.45, 2.75) is 18.0 Å². The summed E-state index contributed by atoms with van der Waals surface area (Å²) in [5.74, 6) is 1.77. The standard InChI is InChI=1S/C22H18F3N3O5S/c1-3-11-33-18-10-5-14(13-19(18)32-4-2)12-17-20(22(23,24)25)27-28(21(17)29)15-6-8-16(9-7-15)34(26,30)31/h1,5-10,12-13H,4,11H2,2H3,(H2,26,30,31)/b17-12-. The van der Waals surface area contributed by atoms with E-state index in [1.54, 1.807) is 6.92 Å². The van der Waals surface area contributed by atoms with Crippen molar-refractivity contribution in [3.63, 3.8) is 0 Å². The van der Waals surface area contributed by atoms with Gasteiger partial charge in [-0.05, 0) is 55.0 Å². The van der Waals surface area contributed by atoms with E-state index in [-0.39, 0.29) is 35.1 Å². The molecule has 0 fully saturated rings. The lowest BCUT2D eigenvalue weighted by Crippen LogP contribution is -2.25. The van der Waals surface area contributed by atoms with Crippen molar-refractivity contribution in [2.75, 3.05) is 18.2 Å². The Balaban J connectivity index is 2.02. The number of alkyl halides is 3. The first-order valence-corrected chi connectivity index (χ1v) is 11.2. The van der Waals surface area contributed by atoms with Crippen LogP contribution in [0.2, 0.25) is 0 Å². The van der Waals surface area contributed by atoms with E-state index in [4.69, 9.17) is 21.0 Å². The van der Waals surface area contributed by atoms with Crippen LogP contribution in [-0.2, 0) is 14.8 Å². The first-order valence-electron chi connectivity index (χ1n) is 9.64. The molecule has 0 aromatic heterocycles. The minimum Gasteiger partial charge on any atom is -0.490 e. The van der Waals surface area contributed by atoms with Crippen LogP contribution in [0, 0.1) is 12.3 Å². The molecule has 178 valence electrons. The Morgan fingerprint density at radius 1 is 1.15 bits per heavy atom. The molecule has 2 aromatic carbocycles. The second-order valence-electron chi connectivity index (χ2n) is 6.79. The number of hydrogen-bond donors (Lipinski definition) is 1. The van der Waals surface area contributed by atoms with Gasteiger partial charge in [-0.15, -0.1) is 6.42 Å². The number of rotatable bonds is 7. The van der Waals surface area contributed by atoms with Crippen molar-refractivity contribution in [1.82, 2.24) is 0 Å². The van der Waals surface area contributed by atoms with E-state index >= 15 is 0 Å². The van der Waals surface area contributed by atoms with Gasteiger partial charge >= 0.3 is 6.18 Å². The molecule has 1 heterocycles. The Bertz CT molecular complexity index is 1310. The van der Waals surface area contributed by atoms with Crippen LogP contribution in [0.5, 0.6) is 11.5 Å². The first-order chi connectivity index (χ1) is 16.0. The van der Waals surface area contributed by atoms with Crippen molar-refractivity contribution in [2.24, 2.45) is 10.2 Å². The molecular weight excluding hydrogens is 475 g/mol. The zero-order valence-electron chi connectivity index (χ0n) is 17.7. The molecule has 2 aromatic rings. The van der Waals surface area contributed by atoms with E-state index in [0.29, 0.717) is 10.8 Å². The lowest BCUT2D eigenvalue weighted by molar-refractivity contribution is -0.114. The number of benzene rings is 2. The normalized spacial score (nSPS) is 15.3. The second kappa shape index (κ2) is 9.58. The van der Waals surface area contributed by atoms with Crippen molar-refractivity contribution < 1.29 is 35.9 Å².